The number of hydrogen-bond acceptors (Lipinski definition) is 8. The van der Waals surface area contributed by atoms with Crippen LogP contribution in [0.15, 0.2) is 12.7 Å². The lowest BCUT2D eigenvalue weighted by Gasteiger charge is -2.37. The summed E-state index contributed by atoms with van der Waals surface area (Å²) < 4.78 is 15.0. The first-order valence-corrected chi connectivity index (χ1v) is 17.7. The molecule has 0 saturated carbocycles. The molecule has 218 valence electrons. The van der Waals surface area contributed by atoms with Crippen molar-refractivity contribution in [2.45, 2.75) is 102 Å². The van der Waals surface area contributed by atoms with Gasteiger partial charge in [-0.3, -0.25) is 4.79 Å². The smallest absolute Gasteiger partial charge is 0.408 e. The fourth-order valence-corrected chi connectivity index (χ4v) is 5.67. The van der Waals surface area contributed by atoms with Crippen molar-refractivity contribution >= 4 is 43.9 Å². The molecule has 0 spiro atoms. The van der Waals surface area contributed by atoms with Gasteiger partial charge < -0.3 is 29.7 Å². The maximum atomic E-state index is 13.9. The predicted molar refractivity (Wildman–Crippen MR) is 153 cm³/mol. The molecule has 1 heterocycles. The Bertz CT molecular complexity index is 855. The molecule has 0 aromatic carbocycles. The zero-order chi connectivity index (χ0) is 29.3. The van der Waals surface area contributed by atoms with Gasteiger partial charge in [0, 0.05) is 25.8 Å². The third kappa shape index (κ3) is 11.7. The van der Waals surface area contributed by atoms with E-state index in [1.165, 1.54) is 23.8 Å². The minimum absolute atomic E-state index is 0.0711. The van der Waals surface area contributed by atoms with Gasteiger partial charge in [-0.15, -0.1) is 6.58 Å². The second-order valence-corrected chi connectivity index (χ2v) is 19.5. The molecule has 38 heavy (non-hydrogen) atoms. The summed E-state index contributed by atoms with van der Waals surface area (Å²) in [5, 5.41) is 5.51. The van der Waals surface area contributed by atoms with Gasteiger partial charge in [0.1, 0.15) is 17.7 Å². The first kappa shape index (κ1) is 33.8. The van der Waals surface area contributed by atoms with E-state index in [4.69, 9.17) is 14.2 Å². The second-order valence-electron chi connectivity index (χ2n) is 12.2. The minimum atomic E-state index is -1.37. The highest BCUT2D eigenvalue weighted by Gasteiger charge is 2.47. The summed E-state index contributed by atoms with van der Waals surface area (Å²) in [6.07, 6.45) is 1.36. The average Bonchev–Trinajstić information content (AvgIpc) is 3.18. The van der Waals surface area contributed by atoms with E-state index in [1.54, 1.807) is 26.8 Å². The van der Waals surface area contributed by atoms with E-state index in [9.17, 15) is 19.2 Å². The van der Waals surface area contributed by atoms with Gasteiger partial charge in [-0.2, -0.15) is 11.8 Å². The molecule has 3 atom stereocenters. The molecule has 0 unspecified atom stereocenters. The Morgan fingerprint density at radius 1 is 1.13 bits per heavy atom. The van der Waals surface area contributed by atoms with Crippen LogP contribution in [0.5, 0.6) is 0 Å². The Kier molecular flexibility index (Phi) is 12.7. The van der Waals surface area contributed by atoms with Crippen LogP contribution in [-0.2, 0) is 23.8 Å². The fraction of sp³-hybridized carbons (Fsp3) is 0.769. The molecule has 1 fully saturated rings. The average molecular weight is 574 g/mol. The van der Waals surface area contributed by atoms with Gasteiger partial charge >= 0.3 is 18.2 Å². The number of ether oxygens (including phenoxy) is 3. The van der Waals surface area contributed by atoms with Crippen LogP contribution in [0, 0.1) is 0 Å². The summed E-state index contributed by atoms with van der Waals surface area (Å²) in [5.41, 5.74) is -0.759. The molecule has 0 aromatic rings. The number of esters is 1. The maximum absolute atomic E-state index is 13.9. The first-order valence-electron chi connectivity index (χ1n) is 13.0. The number of rotatable bonds is 12. The van der Waals surface area contributed by atoms with Gasteiger partial charge in [-0.25, -0.2) is 14.4 Å². The summed E-state index contributed by atoms with van der Waals surface area (Å²) in [6, 6.07) is -1.61. The lowest BCUT2D eigenvalue weighted by Crippen LogP contribution is -2.59. The van der Waals surface area contributed by atoms with Gasteiger partial charge in [0.15, 0.2) is 0 Å². The number of likely N-dealkylation sites (tertiary alicyclic amines) is 1. The molecule has 10 nitrogen and oxygen atoms in total. The molecule has 1 rings (SSSR count). The molecule has 0 aromatic heterocycles. The third-order valence-electron chi connectivity index (χ3n) is 5.86. The van der Waals surface area contributed by atoms with Gasteiger partial charge in [-0.1, -0.05) is 25.7 Å². The van der Waals surface area contributed by atoms with E-state index in [1.807, 2.05) is 13.8 Å². The fourth-order valence-electron chi connectivity index (χ4n) is 3.81. The van der Waals surface area contributed by atoms with Gasteiger partial charge in [-0.05, 0) is 52.8 Å². The molecular formula is C26H47N3O7SSi. The molecule has 0 aliphatic carbocycles. The van der Waals surface area contributed by atoms with Crippen molar-refractivity contribution in [3.8, 4) is 0 Å². The molecule has 1 saturated heterocycles. The molecule has 1 aliphatic heterocycles. The van der Waals surface area contributed by atoms with Crippen LogP contribution in [0.4, 0.5) is 9.59 Å². The van der Waals surface area contributed by atoms with E-state index in [0.29, 0.717) is 12.4 Å². The predicted octanol–water partition coefficient (Wildman–Crippen LogP) is 4.17. The molecule has 2 N–H and O–H groups in total. The zero-order valence-electron chi connectivity index (χ0n) is 24.5. The SMILES string of the molecule is C=CCCSC(C)(C)[C@H](NC(=O)OC(C)(C)C)C(=O)N1C[C@H](NC(=O)OCC[Si](C)(C)C)C[C@H]1C(=O)OC. The zero-order valence-corrected chi connectivity index (χ0v) is 26.3. The van der Waals surface area contributed by atoms with E-state index in [-0.39, 0.29) is 13.0 Å². The Morgan fingerprint density at radius 2 is 1.76 bits per heavy atom. The third-order valence-corrected chi connectivity index (χ3v) is 8.99. The van der Waals surface area contributed by atoms with Gasteiger partial charge in [0.25, 0.3) is 0 Å². The van der Waals surface area contributed by atoms with Crippen LogP contribution in [0.3, 0.4) is 0 Å². The summed E-state index contributed by atoms with van der Waals surface area (Å²) >= 11 is 1.50. The van der Waals surface area contributed by atoms with Crippen LogP contribution in [0.2, 0.25) is 25.7 Å². The molecule has 3 amide bonds. The first-order chi connectivity index (χ1) is 17.4. The number of nitrogens with zero attached hydrogens (tertiary/aromatic N) is 1. The van der Waals surface area contributed by atoms with Crippen molar-refractivity contribution in [1.82, 2.24) is 15.5 Å². The van der Waals surface area contributed by atoms with Crippen molar-refractivity contribution in [1.29, 1.82) is 0 Å². The highest BCUT2D eigenvalue weighted by atomic mass is 32.2. The van der Waals surface area contributed by atoms with Gasteiger partial charge in [0.05, 0.1) is 19.8 Å². The van der Waals surface area contributed by atoms with E-state index < -0.39 is 60.6 Å². The Morgan fingerprint density at radius 3 is 2.29 bits per heavy atom. The molecule has 1 aliphatic rings. The number of carbonyl (C=O) groups excluding carboxylic acids is 4. The van der Waals surface area contributed by atoms with Crippen molar-refractivity contribution in [3.63, 3.8) is 0 Å². The number of alkyl carbamates (subject to hydrolysis) is 2. The summed E-state index contributed by atoms with van der Waals surface area (Å²) in [5.74, 6) is -0.369. The van der Waals surface area contributed by atoms with Crippen LogP contribution in [0.1, 0.15) is 47.5 Å². The van der Waals surface area contributed by atoms with Crippen LogP contribution in [0.25, 0.3) is 0 Å². The van der Waals surface area contributed by atoms with Crippen molar-refractivity contribution in [3.05, 3.63) is 12.7 Å². The molecule has 0 radical (unpaired) electrons. The maximum Gasteiger partial charge on any atom is 0.408 e. The monoisotopic (exact) mass is 573 g/mol. The van der Waals surface area contributed by atoms with E-state index >= 15 is 0 Å². The molecule has 0 bridgehead atoms. The summed E-state index contributed by atoms with van der Waals surface area (Å²) in [6.45, 7) is 19.6. The van der Waals surface area contributed by atoms with E-state index in [0.717, 1.165) is 12.5 Å². The number of amides is 3. The Labute approximate surface area is 233 Å². The number of nitrogens with one attached hydrogen (secondary N) is 2. The second kappa shape index (κ2) is 14.3. The van der Waals surface area contributed by atoms with Crippen LogP contribution in [-0.4, -0.2) is 91.5 Å². The number of carbonyl (C=O) groups is 4. The Hall–Kier alpha value is -2.21. The molecule has 12 heteroatoms. The summed E-state index contributed by atoms with van der Waals surface area (Å²) in [7, 11) is -0.116. The van der Waals surface area contributed by atoms with E-state index in [2.05, 4.69) is 36.9 Å². The highest BCUT2D eigenvalue weighted by molar-refractivity contribution is 8.00. The number of hydrogen-bond donors (Lipinski definition) is 2. The van der Waals surface area contributed by atoms with Crippen molar-refractivity contribution in [2.75, 3.05) is 26.0 Å². The normalized spacial score (nSPS) is 18.8. The minimum Gasteiger partial charge on any atom is -0.467 e. The topological polar surface area (TPSA) is 123 Å². The number of thioether (sulfide) groups is 1. The lowest BCUT2D eigenvalue weighted by molar-refractivity contribution is -0.151. The quantitative estimate of drug-likeness (QED) is 0.117. The standard InChI is InChI=1S/C26H47N3O7SSi/c1-11-12-14-37-26(5,6)20(28-24(33)36-25(2,3)4)21(30)29-17-18(16-19(29)22(31)34-7)27-23(32)35-13-15-38(8,9)10/h11,18-20H,1,12-17H2,2-10H3,(H,27,32)(H,28,33)/t18-,19+,20-/m1/s1. The molecular weight excluding hydrogens is 526 g/mol. The van der Waals surface area contributed by atoms with Crippen LogP contribution < -0.4 is 10.6 Å². The summed E-state index contributed by atoms with van der Waals surface area (Å²) in [4.78, 5) is 53.1. The Balaban J connectivity index is 3.13. The number of allylic oxidation sites excluding steroid dienone is 1. The highest BCUT2D eigenvalue weighted by Crippen LogP contribution is 2.32. The largest absolute Gasteiger partial charge is 0.467 e. The van der Waals surface area contributed by atoms with Gasteiger partial charge in [0.2, 0.25) is 5.91 Å². The lowest BCUT2D eigenvalue weighted by atomic mass is 10.0. The van der Waals surface area contributed by atoms with Crippen LogP contribution >= 0.6 is 11.8 Å². The van der Waals surface area contributed by atoms with Crippen molar-refractivity contribution < 1.29 is 33.4 Å². The van der Waals surface area contributed by atoms with Crippen molar-refractivity contribution in [2.24, 2.45) is 0 Å². The number of methoxy groups -OCH3 is 1.